The number of carbonyl (C=O) groups is 6. The molecule has 0 radical (unpaired) electrons. The summed E-state index contributed by atoms with van der Waals surface area (Å²) < 4.78 is 93.5. The van der Waals surface area contributed by atoms with Gasteiger partial charge in [0.15, 0.2) is 29.5 Å². The standard InChI is InChI=1S/2C15H28N2O3S.2C15H28N2OS.2C14H26N2O3S/c1-15(2)6-7-17(14(18)13(10-15)16-3)11-12-4-8-21(19,20)9-5-12;1-15(2)6-7-17(14(18)13(9-15)16-3)10-12-5-4-8-21(19,20)11-12;1-15(2)6-7-17(14(18)13(10-15)16-3)11-12-4-8-19-9-5-12;1-15(2)6-7-17(14(18)13(9-15)16-3)10-12-5-4-8-19-11-12;1-14(2)5-6-16(13(17)12(8-14)15-3)9-11-4-7-20(18,19)10-11;1-14(2)6-7-16(13(17)12(9-14)15-3)10-11-5-4-8-20(11,18)19/h2*12-13,16H,4-11H2,1-3H3;2*12-13,16H,4-11H2,1-3H3;2*11-12,15H,4-10H2,1-3H3. The number of hydrogen-bond acceptors (Lipinski definition) is 22. The topological polar surface area (TPSA) is 331 Å². The number of nitrogens with one attached hydrogen (secondary N) is 6. The van der Waals surface area contributed by atoms with E-state index in [0.717, 1.165) is 148 Å². The predicted molar refractivity (Wildman–Crippen MR) is 491 cm³/mol. The summed E-state index contributed by atoms with van der Waals surface area (Å²) in [4.78, 5) is 87.2. The lowest BCUT2D eigenvalue weighted by atomic mass is 9.83. The number of sulfone groups is 4. The van der Waals surface area contributed by atoms with Crippen LogP contribution in [0.3, 0.4) is 0 Å². The number of likely N-dealkylation sites (tertiary alicyclic amines) is 6. The van der Waals surface area contributed by atoms with Gasteiger partial charge in [-0.2, -0.15) is 23.5 Å². The number of amides is 6. The molecule has 0 saturated carbocycles. The van der Waals surface area contributed by atoms with E-state index in [1.807, 2.05) is 49.9 Å². The normalized spacial score (nSPS) is 31.8. The smallest absolute Gasteiger partial charge is 0.239 e. The number of thioether (sulfide) groups is 2. The first-order valence-corrected chi connectivity index (χ1v) is 55.2. The zero-order chi connectivity index (χ0) is 89.0. The number of rotatable bonds is 18. The molecule has 10 unspecified atom stereocenters. The second-order valence-corrected chi connectivity index (χ2v) is 53.8. The van der Waals surface area contributed by atoms with Crippen molar-refractivity contribution >= 4 is 98.3 Å². The number of carbonyl (C=O) groups excluding carboxylic acids is 6. The third-order valence-electron chi connectivity index (χ3n) is 28.1. The van der Waals surface area contributed by atoms with E-state index in [1.54, 1.807) is 11.9 Å². The maximum atomic E-state index is 12.6. The lowest BCUT2D eigenvalue weighted by Crippen LogP contribution is -2.47. The maximum absolute atomic E-state index is 12.6. The van der Waals surface area contributed by atoms with Crippen LogP contribution in [0.5, 0.6) is 0 Å². The van der Waals surface area contributed by atoms with Crippen LogP contribution in [0.15, 0.2) is 0 Å². The molecular formula is C88H164N12O14S6. The maximum Gasteiger partial charge on any atom is 0.239 e. The van der Waals surface area contributed by atoms with Crippen molar-refractivity contribution in [3.8, 4) is 0 Å². The average molecular weight is 1810 g/mol. The minimum atomic E-state index is -2.99. The first-order valence-electron chi connectivity index (χ1n) is 45.7. The molecule has 12 aliphatic heterocycles. The first kappa shape index (κ1) is 104. The zero-order valence-electron chi connectivity index (χ0n) is 77.3. The monoisotopic (exact) mass is 1810 g/mol. The summed E-state index contributed by atoms with van der Waals surface area (Å²) in [7, 11) is -0.467. The number of nitrogens with zero attached hydrogens (tertiary/aromatic N) is 6. The molecule has 0 aromatic carbocycles. The van der Waals surface area contributed by atoms with Gasteiger partial charge in [0, 0.05) is 78.5 Å². The van der Waals surface area contributed by atoms with E-state index in [4.69, 9.17) is 0 Å². The molecule has 10 atom stereocenters. The Bertz CT molecular complexity index is 3700. The van der Waals surface area contributed by atoms with Crippen molar-refractivity contribution in [2.24, 2.45) is 62.1 Å². The van der Waals surface area contributed by atoms with E-state index in [0.29, 0.717) is 87.8 Å². The fraction of sp³-hybridized carbons (Fsp3) is 0.932. The van der Waals surface area contributed by atoms with Crippen molar-refractivity contribution < 1.29 is 62.4 Å². The van der Waals surface area contributed by atoms with Gasteiger partial charge in [-0.3, -0.25) is 28.8 Å². The molecule has 696 valence electrons. The van der Waals surface area contributed by atoms with Gasteiger partial charge in [-0.05, 0) is 275 Å². The third kappa shape index (κ3) is 33.6. The second-order valence-electron chi connectivity index (χ2n) is 42.2. The highest BCUT2D eigenvalue weighted by Crippen LogP contribution is 2.39. The Morgan fingerprint density at radius 1 is 0.292 bits per heavy atom. The Kier molecular flexibility index (Phi) is 39.8. The van der Waals surface area contributed by atoms with Gasteiger partial charge in [-0.15, -0.1) is 0 Å². The molecule has 0 spiro atoms. The van der Waals surface area contributed by atoms with Gasteiger partial charge >= 0.3 is 0 Å². The fourth-order valence-electron chi connectivity index (χ4n) is 19.6. The summed E-state index contributed by atoms with van der Waals surface area (Å²) in [6.45, 7) is 35.7. The molecular weight excluding hydrogens is 1640 g/mol. The number of likely N-dealkylation sites (N-methyl/N-ethyl adjacent to an activating group) is 6. The molecule has 0 bridgehead atoms. The molecule has 26 nitrogen and oxygen atoms in total. The van der Waals surface area contributed by atoms with E-state index in [9.17, 15) is 62.4 Å². The summed E-state index contributed by atoms with van der Waals surface area (Å²) in [6, 6.07) is -0.594. The Hall–Kier alpha value is -2.92. The predicted octanol–water partition coefficient (Wildman–Crippen LogP) is 8.29. The van der Waals surface area contributed by atoms with Crippen LogP contribution < -0.4 is 31.9 Å². The Morgan fingerprint density at radius 2 is 0.558 bits per heavy atom. The highest BCUT2D eigenvalue weighted by Gasteiger charge is 2.44. The van der Waals surface area contributed by atoms with E-state index < -0.39 is 39.3 Å². The summed E-state index contributed by atoms with van der Waals surface area (Å²) in [6.07, 6.45) is 21.7. The van der Waals surface area contributed by atoms with Crippen molar-refractivity contribution in [2.45, 2.75) is 272 Å². The highest BCUT2D eigenvalue weighted by molar-refractivity contribution is 7.99. The van der Waals surface area contributed by atoms with Gasteiger partial charge in [-0.1, -0.05) is 83.1 Å². The average Bonchev–Trinajstić information content (AvgIpc) is 1.98. The minimum absolute atomic E-state index is 0.00810. The van der Waals surface area contributed by atoms with E-state index in [1.165, 1.54) is 48.7 Å². The summed E-state index contributed by atoms with van der Waals surface area (Å²) >= 11 is 4.11. The highest BCUT2D eigenvalue weighted by atomic mass is 32.2. The Morgan fingerprint density at radius 3 is 0.850 bits per heavy atom. The van der Waals surface area contributed by atoms with Crippen LogP contribution in [0, 0.1) is 62.1 Å². The van der Waals surface area contributed by atoms with E-state index >= 15 is 0 Å². The molecule has 12 fully saturated rings. The second kappa shape index (κ2) is 45.9. The van der Waals surface area contributed by atoms with Crippen LogP contribution in [0.25, 0.3) is 0 Å². The fourth-order valence-corrected chi connectivity index (χ4v) is 29.0. The van der Waals surface area contributed by atoms with Crippen LogP contribution in [0.1, 0.15) is 231 Å². The van der Waals surface area contributed by atoms with Crippen molar-refractivity contribution in [2.75, 3.05) is 184 Å². The van der Waals surface area contributed by atoms with Crippen molar-refractivity contribution in [1.29, 1.82) is 0 Å². The van der Waals surface area contributed by atoms with Gasteiger partial charge < -0.3 is 61.3 Å². The van der Waals surface area contributed by atoms with Crippen LogP contribution in [0.4, 0.5) is 0 Å². The van der Waals surface area contributed by atoms with Crippen LogP contribution in [0.2, 0.25) is 0 Å². The summed E-state index contributed by atoms with van der Waals surface area (Å²) in [5, 5.41) is 18.5. The van der Waals surface area contributed by atoms with Gasteiger partial charge in [0.05, 0.1) is 81.8 Å². The van der Waals surface area contributed by atoms with Gasteiger partial charge in [0.1, 0.15) is 9.84 Å². The first-order chi connectivity index (χ1) is 56.0. The van der Waals surface area contributed by atoms with Crippen LogP contribution in [-0.2, 0) is 68.1 Å². The molecule has 6 N–H and O–H groups in total. The lowest BCUT2D eigenvalue weighted by Gasteiger charge is -2.30. The summed E-state index contributed by atoms with van der Waals surface area (Å²) in [5.74, 6) is 10.1. The van der Waals surface area contributed by atoms with Crippen LogP contribution in [-0.4, -0.2) is 324 Å². The Balaban J connectivity index is 0.000000199. The minimum Gasteiger partial charge on any atom is -0.341 e. The van der Waals surface area contributed by atoms with Crippen molar-refractivity contribution in [1.82, 2.24) is 61.3 Å². The molecule has 6 amide bonds. The third-order valence-corrected chi connectivity index (χ3v) is 38.1. The van der Waals surface area contributed by atoms with Gasteiger partial charge in [-0.25, -0.2) is 33.7 Å². The molecule has 32 heteroatoms. The quantitative estimate of drug-likeness (QED) is 0.0751. The van der Waals surface area contributed by atoms with Crippen molar-refractivity contribution in [3.63, 3.8) is 0 Å². The van der Waals surface area contributed by atoms with E-state index in [-0.39, 0.29) is 144 Å². The Labute approximate surface area is 735 Å². The van der Waals surface area contributed by atoms with Crippen LogP contribution >= 0.6 is 23.5 Å². The summed E-state index contributed by atoms with van der Waals surface area (Å²) in [5.41, 5.74) is 1.07. The molecule has 12 rings (SSSR count). The SMILES string of the molecule is CNC1CC(C)(C)CCN(CC2CCCS(=O)(=O)C2)C1=O.CNC1CC(C)(C)CCN(CC2CCCS2(=O)=O)C1=O.CNC1CC(C)(C)CCN(CC2CCCSC2)C1=O.CNC1CC(C)(C)CCN(CC2CCS(=O)(=O)C2)C1=O.CNC1CC(C)(C)CCN(CC2CCS(=O)(=O)CC2)C1=O.CNC1CC(C)(C)CCN(CC2CCSCC2)C1=O. The molecule has 0 aromatic rings. The number of hydrogen-bond donors (Lipinski definition) is 6. The lowest BCUT2D eigenvalue weighted by molar-refractivity contribution is -0.134. The molecule has 12 saturated heterocycles. The molecule has 120 heavy (non-hydrogen) atoms. The molecule has 0 aliphatic carbocycles. The molecule has 12 heterocycles. The van der Waals surface area contributed by atoms with Crippen molar-refractivity contribution in [3.05, 3.63) is 0 Å². The van der Waals surface area contributed by atoms with Gasteiger partial charge in [0.2, 0.25) is 35.4 Å². The molecule has 0 aromatic heterocycles. The molecule has 12 aliphatic rings. The largest absolute Gasteiger partial charge is 0.341 e. The van der Waals surface area contributed by atoms with Gasteiger partial charge in [0.25, 0.3) is 0 Å². The van der Waals surface area contributed by atoms with E-state index in [2.05, 4.69) is 148 Å². The zero-order valence-corrected chi connectivity index (χ0v) is 82.2.